The summed E-state index contributed by atoms with van der Waals surface area (Å²) in [5, 5.41) is 22.3. The number of aliphatic hydroxyl groups is 1. The minimum atomic E-state index is -0.578. The van der Waals surface area contributed by atoms with Gasteiger partial charge in [-0.2, -0.15) is 5.26 Å². The largest absolute Gasteiger partial charge is 0.391 e. The highest BCUT2D eigenvalue weighted by Gasteiger charge is 2.27. The van der Waals surface area contributed by atoms with Crippen LogP contribution < -0.4 is 15.8 Å². The second kappa shape index (κ2) is 10.5. The van der Waals surface area contributed by atoms with E-state index in [9.17, 15) is 14.7 Å². The number of carbonyl (C=O) groups excluding carboxylic acids is 1. The molecule has 0 spiro atoms. The fraction of sp³-hybridized carbons (Fsp3) is 0.407. The number of amides is 1. The Morgan fingerprint density at radius 2 is 1.94 bits per heavy atom. The molecule has 1 amide bonds. The first-order valence-corrected chi connectivity index (χ1v) is 12.5. The number of piperazine rings is 1. The maximum atomic E-state index is 13.2. The standard InChI is InChI=1S/C27H30N6O3/c28-15-19-13-21(17-29-16-19)32-11-9-31(10-12-32)18-20-14-22(27(36)33-8-4-3-6-24(20)33)26(35)30-23-5-1-2-7-25(23)34/h3-4,6,8,13-14,16-17,23,25,34H,1-2,5,7,9-12,18H2,(H,30,35)/t23-,25-/m0/s1. The van der Waals surface area contributed by atoms with Gasteiger partial charge in [-0.15, -0.1) is 0 Å². The lowest BCUT2D eigenvalue weighted by Gasteiger charge is -2.36. The first-order valence-electron chi connectivity index (χ1n) is 12.5. The van der Waals surface area contributed by atoms with Gasteiger partial charge in [-0.1, -0.05) is 18.9 Å². The fourth-order valence-corrected chi connectivity index (χ4v) is 5.20. The number of hydrogen-bond donors (Lipinski definition) is 2. The molecule has 1 saturated heterocycles. The molecule has 0 unspecified atom stereocenters. The molecular formula is C27H30N6O3. The summed E-state index contributed by atoms with van der Waals surface area (Å²) in [5.41, 5.74) is 2.92. The number of aromatic nitrogens is 2. The number of nitrogens with zero attached hydrogens (tertiary/aromatic N) is 5. The average molecular weight is 487 g/mol. The van der Waals surface area contributed by atoms with Gasteiger partial charge in [-0.05, 0) is 42.7 Å². The van der Waals surface area contributed by atoms with Gasteiger partial charge in [0.2, 0.25) is 0 Å². The van der Waals surface area contributed by atoms with Crippen LogP contribution in [-0.2, 0) is 6.54 Å². The van der Waals surface area contributed by atoms with E-state index >= 15 is 0 Å². The van der Waals surface area contributed by atoms with Crippen molar-refractivity contribution in [2.75, 3.05) is 31.1 Å². The molecule has 2 aliphatic rings. The zero-order valence-corrected chi connectivity index (χ0v) is 20.1. The molecule has 2 atom stereocenters. The zero-order valence-electron chi connectivity index (χ0n) is 20.1. The fourth-order valence-electron chi connectivity index (χ4n) is 5.20. The lowest BCUT2D eigenvalue weighted by atomic mass is 9.92. The maximum Gasteiger partial charge on any atom is 0.267 e. The van der Waals surface area contributed by atoms with E-state index in [4.69, 9.17) is 5.26 Å². The van der Waals surface area contributed by atoms with Crippen molar-refractivity contribution in [2.45, 2.75) is 44.4 Å². The van der Waals surface area contributed by atoms with Gasteiger partial charge >= 0.3 is 0 Å². The molecule has 0 bridgehead atoms. The van der Waals surface area contributed by atoms with Gasteiger partial charge in [0.25, 0.3) is 11.5 Å². The highest BCUT2D eigenvalue weighted by Crippen LogP contribution is 2.21. The van der Waals surface area contributed by atoms with Gasteiger partial charge in [0.05, 0.1) is 35.1 Å². The Hall–Kier alpha value is -3.74. The number of carbonyl (C=O) groups is 1. The lowest BCUT2D eigenvalue weighted by Crippen LogP contribution is -2.47. The van der Waals surface area contributed by atoms with Crippen LogP contribution in [0, 0.1) is 11.3 Å². The predicted molar refractivity (Wildman–Crippen MR) is 136 cm³/mol. The summed E-state index contributed by atoms with van der Waals surface area (Å²) < 4.78 is 1.54. The molecule has 5 rings (SSSR count). The Kier molecular flexibility index (Phi) is 6.98. The van der Waals surface area contributed by atoms with E-state index in [-0.39, 0.29) is 17.2 Å². The number of rotatable bonds is 5. The zero-order chi connectivity index (χ0) is 25.1. The number of nitriles is 1. The van der Waals surface area contributed by atoms with Crippen LogP contribution in [0.4, 0.5) is 5.69 Å². The normalized spacial score (nSPS) is 20.7. The SMILES string of the molecule is N#Cc1cncc(N2CCN(Cc3cc(C(=O)N[C@H]4CCCC[C@@H]4O)c(=O)n4ccccc34)CC2)c1. The van der Waals surface area contributed by atoms with Crippen molar-refractivity contribution < 1.29 is 9.90 Å². The van der Waals surface area contributed by atoms with Crippen LogP contribution in [0.15, 0.2) is 53.7 Å². The molecule has 9 heteroatoms. The summed E-state index contributed by atoms with van der Waals surface area (Å²) in [4.78, 5) is 35.0. The second-order valence-corrected chi connectivity index (χ2v) is 9.58. The van der Waals surface area contributed by atoms with Gasteiger partial charge in [0.15, 0.2) is 0 Å². The third-order valence-electron chi connectivity index (χ3n) is 7.23. The third-order valence-corrected chi connectivity index (χ3v) is 7.23. The number of aliphatic hydroxyl groups excluding tert-OH is 1. The van der Waals surface area contributed by atoms with Crippen molar-refractivity contribution in [3.63, 3.8) is 0 Å². The molecule has 36 heavy (non-hydrogen) atoms. The molecule has 1 aliphatic carbocycles. The van der Waals surface area contributed by atoms with Crippen molar-refractivity contribution in [1.82, 2.24) is 19.6 Å². The van der Waals surface area contributed by atoms with Gasteiger partial charge < -0.3 is 15.3 Å². The minimum absolute atomic E-state index is 0.101. The molecule has 4 heterocycles. The topological polar surface area (TPSA) is 114 Å². The predicted octanol–water partition coefficient (Wildman–Crippen LogP) is 1.92. The van der Waals surface area contributed by atoms with E-state index in [1.807, 2.05) is 18.2 Å². The Morgan fingerprint density at radius 1 is 1.14 bits per heavy atom. The van der Waals surface area contributed by atoms with E-state index in [2.05, 4.69) is 26.2 Å². The highest BCUT2D eigenvalue weighted by molar-refractivity contribution is 5.94. The summed E-state index contributed by atoms with van der Waals surface area (Å²) >= 11 is 0. The number of pyridine rings is 3. The molecular weight excluding hydrogens is 456 g/mol. The summed E-state index contributed by atoms with van der Waals surface area (Å²) in [6.45, 7) is 3.77. The first kappa shape index (κ1) is 24.0. The van der Waals surface area contributed by atoms with Crippen LogP contribution in [0.2, 0.25) is 0 Å². The summed E-state index contributed by atoms with van der Waals surface area (Å²) in [6.07, 6.45) is 7.73. The van der Waals surface area contributed by atoms with Gasteiger partial charge in [0.1, 0.15) is 11.6 Å². The van der Waals surface area contributed by atoms with Crippen LogP contribution in [0.25, 0.3) is 5.52 Å². The van der Waals surface area contributed by atoms with Crippen molar-refractivity contribution in [2.24, 2.45) is 0 Å². The summed E-state index contributed by atoms with van der Waals surface area (Å²) in [6, 6.07) is 11.0. The van der Waals surface area contributed by atoms with Crippen LogP contribution in [0.1, 0.15) is 47.2 Å². The van der Waals surface area contributed by atoms with Crippen LogP contribution >= 0.6 is 0 Å². The van der Waals surface area contributed by atoms with E-state index in [1.54, 1.807) is 30.7 Å². The smallest absolute Gasteiger partial charge is 0.267 e. The first-order chi connectivity index (χ1) is 17.5. The van der Waals surface area contributed by atoms with E-state index < -0.39 is 12.0 Å². The van der Waals surface area contributed by atoms with Crippen molar-refractivity contribution in [3.05, 3.63) is 76.0 Å². The van der Waals surface area contributed by atoms with Crippen molar-refractivity contribution >= 4 is 17.1 Å². The Morgan fingerprint density at radius 3 is 2.72 bits per heavy atom. The minimum Gasteiger partial charge on any atom is -0.391 e. The number of hydrogen-bond acceptors (Lipinski definition) is 7. The molecule has 0 aromatic carbocycles. The average Bonchev–Trinajstić information content (AvgIpc) is 2.92. The van der Waals surface area contributed by atoms with Gasteiger partial charge in [-0.3, -0.25) is 23.9 Å². The monoisotopic (exact) mass is 486 g/mol. The molecule has 1 saturated carbocycles. The van der Waals surface area contributed by atoms with Crippen LogP contribution in [0.3, 0.4) is 0 Å². The molecule has 186 valence electrons. The quantitative estimate of drug-likeness (QED) is 0.566. The molecule has 2 fully saturated rings. The van der Waals surface area contributed by atoms with Crippen LogP contribution in [-0.4, -0.2) is 63.6 Å². The molecule has 3 aromatic heterocycles. The lowest BCUT2D eigenvalue weighted by molar-refractivity contribution is 0.0716. The van der Waals surface area contributed by atoms with E-state index in [0.717, 1.165) is 55.8 Å². The maximum absolute atomic E-state index is 13.2. The van der Waals surface area contributed by atoms with Crippen molar-refractivity contribution in [3.8, 4) is 6.07 Å². The summed E-state index contributed by atoms with van der Waals surface area (Å²) in [5.74, 6) is -0.430. The molecule has 2 N–H and O–H groups in total. The Labute approximate surface area is 209 Å². The van der Waals surface area contributed by atoms with Crippen molar-refractivity contribution in [1.29, 1.82) is 5.26 Å². The molecule has 9 nitrogen and oxygen atoms in total. The second-order valence-electron chi connectivity index (χ2n) is 9.58. The number of nitrogens with one attached hydrogen (secondary N) is 1. The van der Waals surface area contributed by atoms with Gasteiger partial charge in [0, 0.05) is 45.1 Å². The van der Waals surface area contributed by atoms with E-state index in [0.29, 0.717) is 24.9 Å². The van der Waals surface area contributed by atoms with Crippen LogP contribution in [0.5, 0.6) is 0 Å². The Bertz CT molecular complexity index is 1360. The van der Waals surface area contributed by atoms with Gasteiger partial charge in [-0.25, -0.2) is 0 Å². The summed E-state index contributed by atoms with van der Waals surface area (Å²) in [7, 11) is 0. The molecule has 0 radical (unpaired) electrons. The molecule has 3 aromatic rings. The number of fused-ring (bicyclic) bond motifs is 1. The Balaban J connectivity index is 1.35. The molecule has 1 aliphatic heterocycles. The van der Waals surface area contributed by atoms with E-state index in [1.165, 1.54) is 4.40 Å². The third kappa shape index (κ3) is 4.96. The number of anilines is 1. The highest BCUT2D eigenvalue weighted by atomic mass is 16.3.